The molecular weight excluding hydrogens is 242 g/mol. The van der Waals surface area contributed by atoms with E-state index in [0.717, 1.165) is 10.7 Å². The van der Waals surface area contributed by atoms with Crippen molar-refractivity contribution in [2.45, 2.75) is 45.1 Å². The standard InChI is InChI=1S/C15H21NOS/c1-12(18)16(13-6-4-3-5-7-13)14-8-10-15(17-2)11-9-14/h8-11,13H,3-7H2,1-2H3. The third kappa shape index (κ3) is 3.02. The van der Waals surface area contributed by atoms with Crippen LogP contribution in [0.3, 0.4) is 0 Å². The maximum absolute atomic E-state index is 5.44. The number of hydrogen-bond donors (Lipinski definition) is 0. The summed E-state index contributed by atoms with van der Waals surface area (Å²) < 4.78 is 5.20. The first-order chi connectivity index (χ1) is 8.72. The van der Waals surface area contributed by atoms with Gasteiger partial charge in [-0.25, -0.2) is 0 Å². The Morgan fingerprint density at radius 2 is 1.78 bits per heavy atom. The van der Waals surface area contributed by atoms with Gasteiger partial charge in [0.15, 0.2) is 0 Å². The van der Waals surface area contributed by atoms with E-state index < -0.39 is 0 Å². The first-order valence-electron chi connectivity index (χ1n) is 6.66. The number of ether oxygens (including phenoxy) is 1. The molecule has 0 N–H and O–H groups in total. The highest BCUT2D eigenvalue weighted by atomic mass is 32.1. The minimum Gasteiger partial charge on any atom is -0.497 e. The van der Waals surface area contributed by atoms with Gasteiger partial charge in [0.05, 0.1) is 12.1 Å². The van der Waals surface area contributed by atoms with Crippen molar-refractivity contribution in [3.63, 3.8) is 0 Å². The number of thiocarbonyl (C=S) groups is 1. The fourth-order valence-electron chi connectivity index (χ4n) is 2.73. The minimum atomic E-state index is 0.574. The number of hydrogen-bond acceptors (Lipinski definition) is 2. The molecule has 2 rings (SSSR count). The van der Waals surface area contributed by atoms with Crippen LogP contribution in [0.4, 0.5) is 5.69 Å². The number of benzene rings is 1. The quantitative estimate of drug-likeness (QED) is 0.759. The lowest BCUT2D eigenvalue weighted by Crippen LogP contribution is -2.39. The Morgan fingerprint density at radius 1 is 1.17 bits per heavy atom. The molecule has 0 saturated heterocycles. The summed E-state index contributed by atoms with van der Waals surface area (Å²) in [6.45, 7) is 2.02. The van der Waals surface area contributed by atoms with Crippen molar-refractivity contribution in [3.8, 4) is 5.75 Å². The molecule has 0 atom stereocenters. The van der Waals surface area contributed by atoms with E-state index in [2.05, 4.69) is 17.0 Å². The van der Waals surface area contributed by atoms with E-state index in [-0.39, 0.29) is 0 Å². The van der Waals surface area contributed by atoms with E-state index in [1.807, 2.05) is 19.1 Å². The zero-order valence-corrected chi connectivity index (χ0v) is 12.0. The van der Waals surface area contributed by atoms with Crippen LogP contribution in [0.25, 0.3) is 0 Å². The molecule has 18 heavy (non-hydrogen) atoms. The number of anilines is 1. The maximum Gasteiger partial charge on any atom is 0.119 e. The normalized spacial score (nSPS) is 16.3. The van der Waals surface area contributed by atoms with Gasteiger partial charge in [0, 0.05) is 11.7 Å². The van der Waals surface area contributed by atoms with Crippen LogP contribution in [-0.4, -0.2) is 18.1 Å². The molecular formula is C15H21NOS. The van der Waals surface area contributed by atoms with Crippen molar-refractivity contribution in [3.05, 3.63) is 24.3 Å². The molecule has 1 saturated carbocycles. The fraction of sp³-hybridized carbons (Fsp3) is 0.533. The number of rotatable bonds is 3. The van der Waals surface area contributed by atoms with E-state index in [1.165, 1.54) is 37.8 Å². The Morgan fingerprint density at radius 3 is 2.28 bits per heavy atom. The highest BCUT2D eigenvalue weighted by molar-refractivity contribution is 7.80. The number of methoxy groups -OCH3 is 1. The van der Waals surface area contributed by atoms with Crippen molar-refractivity contribution in [1.82, 2.24) is 0 Å². The van der Waals surface area contributed by atoms with Gasteiger partial charge in [-0.05, 0) is 44.0 Å². The molecule has 1 aliphatic carbocycles. The molecule has 1 fully saturated rings. The Labute approximate surface area is 115 Å². The van der Waals surface area contributed by atoms with Crippen molar-refractivity contribution in [1.29, 1.82) is 0 Å². The molecule has 1 aromatic rings. The predicted octanol–water partition coefficient (Wildman–Crippen LogP) is 4.18. The van der Waals surface area contributed by atoms with Gasteiger partial charge in [0.2, 0.25) is 0 Å². The first-order valence-corrected chi connectivity index (χ1v) is 7.07. The van der Waals surface area contributed by atoms with Crippen molar-refractivity contribution < 1.29 is 4.74 Å². The van der Waals surface area contributed by atoms with Gasteiger partial charge in [-0.2, -0.15) is 0 Å². The second kappa shape index (κ2) is 6.19. The van der Waals surface area contributed by atoms with Crippen LogP contribution in [0.5, 0.6) is 5.75 Å². The summed E-state index contributed by atoms with van der Waals surface area (Å²) in [6.07, 6.45) is 6.50. The summed E-state index contributed by atoms with van der Waals surface area (Å²) in [5, 5.41) is 0. The SMILES string of the molecule is COc1ccc(N(C(C)=S)C2CCCCC2)cc1. The summed E-state index contributed by atoms with van der Waals surface area (Å²) in [6, 6.07) is 8.78. The van der Waals surface area contributed by atoms with Crippen molar-refractivity contribution in [2.24, 2.45) is 0 Å². The Bertz CT molecular complexity index is 395. The smallest absolute Gasteiger partial charge is 0.119 e. The van der Waals surface area contributed by atoms with Gasteiger partial charge in [-0.3, -0.25) is 0 Å². The largest absolute Gasteiger partial charge is 0.497 e. The summed E-state index contributed by atoms with van der Waals surface area (Å²) >= 11 is 5.44. The van der Waals surface area contributed by atoms with Gasteiger partial charge in [-0.15, -0.1) is 0 Å². The molecule has 0 heterocycles. The minimum absolute atomic E-state index is 0.574. The van der Waals surface area contributed by atoms with Gasteiger partial charge >= 0.3 is 0 Å². The lowest BCUT2D eigenvalue weighted by Gasteiger charge is -2.35. The molecule has 1 aromatic carbocycles. The molecule has 0 aromatic heterocycles. The molecule has 2 nitrogen and oxygen atoms in total. The highest BCUT2D eigenvalue weighted by Gasteiger charge is 2.22. The van der Waals surface area contributed by atoms with E-state index in [9.17, 15) is 0 Å². The van der Waals surface area contributed by atoms with Crippen LogP contribution in [0.2, 0.25) is 0 Å². The van der Waals surface area contributed by atoms with E-state index in [0.29, 0.717) is 6.04 Å². The molecule has 0 unspecified atom stereocenters. The van der Waals surface area contributed by atoms with Crippen molar-refractivity contribution in [2.75, 3.05) is 12.0 Å². The third-order valence-electron chi connectivity index (χ3n) is 3.63. The fourth-order valence-corrected chi connectivity index (χ4v) is 2.99. The number of nitrogens with zero attached hydrogens (tertiary/aromatic N) is 1. The predicted molar refractivity (Wildman–Crippen MR) is 80.6 cm³/mol. The van der Waals surface area contributed by atoms with Crippen LogP contribution < -0.4 is 9.64 Å². The summed E-state index contributed by atoms with van der Waals surface area (Å²) in [5.74, 6) is 0.893. The Balaban J connectivity index is 2.20. The van der Waals surface area contributed by atoms with Gasteiger partial charge in [0.25, 0.3) is 0 Å². The highest BCUT2D eigenvalue weighted by Crippen LogP contribution is 2.29. The van der Waals surface area contributed by atoms with E-state index in [4.69, 9.17) is 17.0 Å². The topological polar surface area (TPSA) is 12.5 Å². The first kappa shape index (κ1) is 13.3. The van der Waals surface area contributed by atoms with E-state index >= 15 is 0 Å². The second-order valence-corrected chi connectivity index (χ2v) is 5.47. The van der Waals surface area contributed by atoms with Crippen LogP contribution in [0, 0.1) is 0 Å². The molecule has 0 radical (unpaired) electrons. The van der Waals surface area contributed by atoms with Crippen LogP contribution in [0.15, 0.2) is 24.3 Å². The van der Waals surface area contributed by atoms with Crippen LogP contribution >= 0.6 is 12.2 Å². The average Bonchev–Trinajstić information content (AvgIpc) is 2.40. The molecule has 98 valence electrons. The second-order valence-electron chi connectivity index (χ2n) is 4.88. The monoisotopic (exact) mass is 263 g/mol. The summed E-state index contributed by atoms with van der Waals surface area (Å²) in [5.41, 5.74) is 1.19. The van der Waals surface area contributed by atoms with E-state index in [1.54, 1.807) is 7.11 Å². The van der Waals surface area contributed by atoms with Crippen molar-refractivity contribution >= 4 is 22.9 Å². The van der Waals surface area contributed by atoms with Gasteiger partial charge in [0.1, 0.15) is 5.75 Å². The van der Waals surface area contributed by atoms with Crippen LogP contribution in [-0.2, 0) is 0 Å². The summed E-state index contributed by atoms with van der Waals surface area (Å²) in [4.78, 5) is 3.28. The molecule has 3 heteroatoms. The maximum atomic E-state index is 5.44. The van der Waals surface area contributed by atoms with Gasteiger partial charge < -0.3 is 9.64 Å². The Hall–Kier alpha value is -1.09. The zero-order chi connectivity index (χ0) is 13.0. The van der Waals surface area contributed by atoms with Gasteiger partial charge in [-0.1, -0.05) is 31.5 Å². The third-order valence-corrected chi connectivity index (χ3v) is 3.83. The lowest BCUT2D eigenvalue weighted by atomic mass is 9.94. The zero-order valence-electron chi connectivity index (χ0n) is 11.2. The average molecular weight is 263 g/mol. The molecule has 0 spiro atoms. The summed E-state index contributed by atoms with van der Waals surface area (Å²) in [7, 11) is 1.69. The van der Waals surface area contributed by atoms with Crippen LogP contribution in [0.1, 0.15) is 39.0 Å². The Kier molecular flexibility index (Phi) is 4.59. The molecule has 0 bridgehead atoms. The molecule has 1 aliphatic rings. The molecule has 0 aliphatic heterocycles. The lowest BCUT2D eigenvalue weighted by molar-refractivity contribution is 0.414. The molecule has 0 amide bonds.